The lowest BCUT2D eigenvalue weighted by Crippen LogP contribution is -2.16. The Morgan fingerprint density at radius 2 is 1.36 bits per heavy atom. The second-order valence-electron chi connectivity index (χ2n) is 15.4. The molecule has 3 unspecified atom stereocenters. The molecule has 0 amide bonds. The SMILES string of the molecule is BC/C(B)=C(/c1nc(C2=CC(c3ccccc3)CC=C2)nc(-n2c3ccccc3c3ccc4c(c5ccccc5n4-c4ccccc4)c32)n1)C(B)C(B)C(B)=C. The van der Waals surface area contributed by atoms with Crippen molar-refractivity contribution in [2.45, 2.75) is 30.3 Å². The third-order valence-corrected chi connectivity index (χ3v) is 12.1. The molecule has 1 aliphatic carbocycles. The van der Waals surface area contributed by atoms with Crippen molar-refractivity contribution in [2.75, 3.05) is 0 Å². The predicted octanol–water partition coefficient (Wildman–Crippen LogP) is 6.58. The number of aromatic nitrogens is 5. The molecule has 5 nitrogen and oxygen atoms in total. The molecule has 0 saturated heterocycles. The molecular formula is C46H42B5N5. The van der Waals surface area contributed by atoms with Crippen LogP contribution in [-0.2, 0) is 0 Å². The molecule has 3 heterocycles. The Labute approximate surface area is 333 Å². The van der Waals surface area contributed by atoms with Crippen LogP contribution in [0.15, 0.2) is 157 Å². The van der Waals surface area contributed by atoms with Crippen LogP contribution in [0.3, 0.4) is 0 Å². The summed E-state index contributed by atoms with van der Waals surface area (Å²) < 4.78 is 4.68. The zero-order chi connectivity index (χ0) is 38.5. The van der Waals surface area contributed by atoms with Crippen LogP contribution in [0.5, 0.6) is 0 Å². The molecule has 56 heavy (non-hydrogen) atoms. The number of benzene rings is 5. The summed E-state index contributed by atoms with van der Waals surface area (Å²) in [5, 5.41) is 4.69. The number of nitrogens with zero attached hydrogens (tertiary/aromatic N) is 5. The minimum absolute atomic E-state index is 0.150. The second kappa shape index (κ2) is 14.6. The van der Waals surface area contributed by atoms with E-state index in [-0.39, 0.29) is 17.6 Å². The molecule has 0 bridgehead atoms. The summed E-state index contributed by atoms with van der Waals surface area (Å²) in [4.78, 5) is 16.4. The van der Waals surface area contributed by atoms with E-state index in [4.69, 9.17) is 15.0 Å². The Kier molecular flexibility index (Phi) is 9.29. The number of hydrogen-bond donors (Lipinski definition) is 0. The van der Waals surface area contributed by atoms with Crippen LogP contribution in [0.1, 0.15) is 29.6 Å². The van der Waals surface area contributed by atoms with Gasteiger partial charge in [-0.05, 0) is 53.7 Å². The fourth-order valence-corrected chi connectivity index (χ4v) is 8.70. The molecular weight excluding hydrogens is 677 g/mol. The number of fused-ring (bicyclic) bond motifs is 7. The minimum Gasteiger partial charge on any atom is -0.309 e. The van der Waals surface area contributed by atoms with Gasteiger partial charge in [0.05, 0.1) is 22.1 Å². The van der Waals surface area contributed by atoms with Gasteiger partial charge in [-0.2, -0.15) is 9.97 Å². The summed E-state index contributed by atoms with van der Waals surface area (Å²) >= 11 is 0. The molecule has 5 aromatic carbocycles. The van der Waals surface area contributed by atoms with Gasteiger partial charge in [-0.15, -0.1) is 17.5 Å². The quantitative estimate of drug-likeness (QED) is 0.159. The molecule has 9 rings (SSSR count). The molecule has 266 valence electrons. The Hall–Kier alpha value is -6.01. The monoisotopic (exact) mass is 719 g/mol. The maximum atomic E-state index is 5.53. The van der Waals surface area contributed by atoms with Crippen LogP contribution in [0.25, 0.3) is 66.4 Å². The lowest BCUT2D eigenvalue weighted by Gasteiger charge is -2.26. The maximum Gasteiger partial charge on any atom is 0.238 e. The van der Waals surface area contributed by atoms with Gasteiger partial charge in [-0.25, -0.2) is 4.98 Å². The first-order chi connectivity index (χ1) is 27.3. The van der Waals surface area contributed by atoms with Gasteiger partial charge in [0.1, 0.15) is 39.2 Å². The topological polar surface area (TPSA) is 48.5 Å². The van der Waals surface area contributed by atoms with E-state index >= 15 is 0 Å². The van der Waals surface area contributed by atoms with Crippen LogP contribution in [0, 0.1) is 0 Å². The smallest absolute Gasteiger partial charge is 0.238 e. The van der Waals surface area contributed by atoms with E-state index in [0.29, 0.717) is 11.8 Å². The summed E-state index contributed by atoms with van der Waals surface area (Å²) in [5.74, 6) is 2.65. The molecule has 0 saturated carbocycles. The van der Waals surface area contributed by atoms with Gasteiger partial charge >= 0.3 is 0 Å². The first-order valence-electron chi connectivity index (χ1n) is 19.9. The highest BCUT2D eigenvalue weighted by Crippen LogP contribution is 2.43. The van der Waals surface area contributed by atoms with Crippen molar-refractivity contribution < 1.29 is 0 Å². The average Bonchev–Trinajstić information content (AvgIpc) is 3.77. The highest BCUT2D eigenvalue weighted by molar-refractivity contribution is 6.37. The lowest BCUT2D eigenvalue weighted by molar-refractivity contribution is 0.848. The zero-order valence-corrected chi connectivity index (χ0v) is 32.9. The number of para-hydroxylation sites is 3. The Balaban J connectivity index is 1.39. The third kappa shape index (κ3) is 5.99. The van der Waals surface area contributed by atoms with E-state index in [9.17, 15) is 0 Å². The highest BCUT2D eigenvalue weighted by atomic mass is 15.2. The van der Waals surface area contributed by atoms with E-state index in [1.54, 1.807) is 0 Å². The Morgan fingerprint density at radius 1 is 0.696 bits per heavy atom. The number of rotatable bonds is 9. The summed E-state index contributed by atoms with van der Waals surface area (Å²) in [6.07, 6.45) is 8.62. The molecule has 0 fully saturated rings. The summed E-state index contributed by atoms with van der Waals surface area (Å²) in [6, 6.07) is 43.3. The van der Waals surface area contributed by atoms with Crippen LogP contribution in [0.2, 0.25) is 18.0 Å². The van der Waals surface area contributed by atoms with E-state index in [1.165, 1.54) is 32.8 Å². The minimum atomic E-state index is 0.150. The molecule has 3 aromatic heterocycles. The number of allylic oxidation sites excluding steroid dienone is 7. The van der Waals surface area contributed by atoms with E-state index in [1.807, 2.05) is 0 Å². The van der Waals surface area contributed by atoms with Gasteiger partial charge in [0, 0.05) is 38.7 Å². The van der Waals surface area contributed by atoms with Crippen molar-refractivity contribution in [3.63, 3.8) is 0 Å². The van der Waals surface area contributed by atoms with Gasteiger partial charge in [0.15, 0.2) is 11.6 Å². The molecule has 0 spiro atoms. The fraction of sp³-hybridized carbons (Fsp3) is 0.109. The van der Waals surface area contributed by atoms with Crippen molar-refractivity contribution in [1.82, 2.24) is 24.1 Å². The zero-order valence-electron chi connectivity index (χ0n) is 32.9. The molecule has 0 radical (unpaired) electrons. The molecule has 10 heteroatoms. The van der Waals surface area contributed by atoms with Crippen molar-refractivity contribution >= 4 is 94.0 Å². The van der Waals surface area contributed by atoms with Crippen molar-refractivity contribution in [3.8, 4) is 11.6 Å². The van der Waals surface area contributed by atoms with Gasteiger partial charge in [0.25, 0.3) is 0 Å². The van der Waals surface area contributed by atoms with E-state index < -0.39 is 0 Å². The van der Waals surface area contributed by atoms with Crippen LogP contribution >= 0.6 is 0 Å². The summed E-state index contributed by atoms with van der Waals surface area (Å²) in [5.41, 5.74) is 11.5. The first kappa shape index (κ1) is 35.7. The fourth-order valence-electron chi connectivity index (χ4n) is 8.70. The highest BCUT2D eigenvalue weighted by Gasteiger charge is 2.27. The van der Waals surface area contributed by atoms with Gasteiger partial charge in [-0.3, -0.25) is 4.57 Å². The standard InChI is InChI=1S/C46H42B5N5/c1-27(48)41(50)42(51)40(35(49)26-47)45-52-44(30-16-12-15-29(25-30)28-13-4-2-5-14-28)53-46(54-45)56-36-21-10-8-19-32(36)33-23-24-38-39(43(33)56)34-20-9-11-22-37(34)55(38)31-17-6-3-7-18-31/h2-14,16-25,29,41-42H,1,15,26,47-51H2/b40-35-. The lowest BCUT2D eigenvalue weighted by atomic mass is 9.55. The normalized spacial score (nSPS) is 15.9. The van der Waals surface area contributed by atoms with Crippen LogP contribution < -0.4 is 0 Å². The van der Waals surface area contributed by atoms with E-state index in [2.05, 4.69) is 194 Å². The van der Waals surface area contributed by atoms with E-state index in [0.717, 1.165) is 62.8 Å². The molecule has 0 N–H and O–H groups in total. The largest absolute Gasteiger partial charge is 0.309 e. The van der Waals surface area contributed by atoms with Crippen LogP contribution in [-0.4, -0.2) is 63.3 Å². The Morgan fingerprint density at radius 3 is 2.07 bits per heavy atom. The van der Waals surface area contributed by atoms with Gasteiger partial charge in [0.2, 0.25) is 5.95 Å². The Bertz CT molecular complexity index is 2910. The predicted molar refractivity (Wildman–Crippen MR) is 251 cm³/mol. The molecule has 0 aliphatic heterocycles. The van der Waals surface area contributed by atoms with Crippen molar-refractivity contribution in [2.24, 2.45) is 0 Å². The van der Waals surface area contributed by atoms with Gasteiger partial charge < -0.3 is 4.57 Å². The maximum absolute atomic E-state index is 5.53. The summed E-state index contributed by atoms with van der Waals surface area (Å²) in [6.45, 7) is 4.37. The molecule has 1 aliphatic rings. The van der Waals surface area contributed by atoms with Crippen molar-refractivity contribution in [1.29, 1.82) is 0 Å². The number of hydrogen-bond acceptors (Lipinski definition) is 3. The summed E-state index contributed by atoms with van der Waals surface area (Å²) in [7, 11) is 11.1. The first-order valence-corrected chi connectivity index (χ1v) is 19.9. The molecule has 8 aromatic rings. The second-order valence-corrected chi connectivity index (χ2v) is 15.4. The molecule has 3 atom stereocenters. The third-order valence-electron chi connectivity index (χ3n) is 12.1. The van der Waals surface area contributed by atoms with Crippen molar-refractivity contribution in [3.05, 3.63) is 174 Å². The average molecular weight is 719 g/mol. The van der Waals surface area contributed by atoms with Crippen LogP contribution in [0.4, 0.5) is 0 Å². The van der Waals surface area contributed by atoms with Gasteiger partial charge in [-0.1, -0.05) is 121 Å².